The van der Waals surface area contributed by atoms with E-state index in [0.717, 1.165) is 18.5 Å². The summed E-state index contributed by atoms with van der Waals surface area (Å²) in [4.78, 5) is 35.0. The number of anilines is 2. The molecule has 3 rings (SSSR count). The summed E-state index contributed by atoms with van der Waals surface area (Å²) in [5.41, 5.74) is 1.49. The highest BCUT2D eigenvalue weighted by molar-refractivity contribution is 7.17. The number of hydrogen-bond donors (Lipinski definition) is 2. The van der Waals surface area contributed by atoms with Gasteiger partial charge in [-0.3, -0.25) is 9.59 Å². The predicted octanol–water partition coefficient (Wildman–Crippen LogP) is 4.23. The summed E-state index contributed by atoms with van der Waals surface area (Å²) in [6.45, 7) is 0.761. The maximum atomic E-state index is 12.1. The summed E-state index contributed by atoms with van der Waals surface area (Å²) in [6, 6.07) is 10.6. The van der Waals surface area contributed by atoms with Gasteiger partial charge in [0.1, 0.15) is 6.10 Å². The van der Waals surface area contributed by atoms with Gasteiger partial charge in [-0.2, -0.15) is 0 Å². The minimum atomic E-state index is -0.310. The summed E-state index contributed by atoms with van der Waals surface area (Å²) in [7, 11) is 0. The number of thiophene rings is 1. The third-order valence-electron chi connectivity index (χ3n) is 4.15. The third-order valence-corrected chi connectivity index (χ3v) is 5.65. The normalized spacial score (nSPS) is 16.1. The lowest BCUT2D eigenvalue weighted by atomic mass is 10.2. The number of nitrogens with zero attached hydrogens (tertiary/aromatic N) is 1. The van der Waals surface area contributed by atoms with Crippen LogP contribution in [0.4, 0.5) is 11.4 Å². The average Bonchev–Trinajstić information content (AvgIpc) is 3.36. The fourth-order valence-corrected chi connectivity index (χ4v) is 3.80. The van der Waals surface area contributed by atoms with Crippen LogP contribution in [0.1, 0.15) is 28.9 Å². The van der Waals surface area contributed by atoms with Gasteiger partial charge in [-0.25, -0.2) is 9.95 Å². The molecule has 2 aromatic rings. The van der Waals surface area contributed by atoms with E-state index < -0.39 is 0 Å². The molecule has 0 saturated carbocycles. The van der Waals surface area contributed by atoms with E-state index in [1.807, 2.05) is 12.1 Å². The molecule has 1 aromatic heterocycles. The summed E-state index contributed by atoms with van der Waals surface area (Å²) in [5.74, 6) is 0.328. The minimum Gasteiger partial charge on any atom is -0.349 e. The SMILES string of the molecule is O=C(CCCCCl)Nc1ccc(N2C[C@H](CNC(=O)c3ccc(Cl)s3)OO2)cc1. The van der Waals surface area contributed by atoms with Gasteiger partial charge in [-0.15, -0.1) is 27.9 Å². The number of carbonyl (C=O) groups excluding carboxylic acids is 2. The van der Waals surface area contributed by atoms with Gasteiger partial charge in [-0.05, 0) is 49.2 Å². The number of hydrogen-bond acceptors (Lipinski definition) is 6. The largest absolute Gasteiger partial charge is 0.349 e. The summed E-state index contributed by atoms with van der Waals surface area (Å²) >= 11 is 12.7. The second kappa shape index (κ2) is 10.8. The Kier molecular flexibility index (Phi) is 8.14. The van der Waals surface area contributed by atoms with Crippen LogP contribution in [0.5, 0.6) is 0 Å². The molecule has 0 aliphatic carbocycles. The summed E-state index contributed by atoms with van der Waals surface area (Å²) in [5, 5.41) is 7.24. The van der Waals surface area contributed by atoms with Gasteiger partial charge in [0, 0.05) is 24.5 Å². The molecule has 1 aliphatic heterocycles. The molecular formula is C19H21Cl2N3O4S. The zero-order valence-electron chi connectivity index (χ0n) is 15.5. The van der Waals surface area contributed by atoms with Crippen molar-refractivity contribution in [2.24, 2.45) is 0 Å². The first kappa shape index (κ1) is 21.9. The summed E-state index contributed by atoms with van der Waals surface area (Å²) in [6.07, 6.45) is 1.73. The third kappa shape index (κ3) is 6.58. The molecule has 0 unspecified atom stereocenters. The first-order valence-corrected chi connectivity index (χ1v) is 10.9. The van der Waals surface area contributed by atoms with Crippen LogP contribution in [-0.4, -0.2) is 36.9 Å². The molecule has 7 nitrogen and oxygen atoms in total. The fraction of sp³-hybridized carbons (Fsp3) is 0.368. The van der Waals surface area contributed by atoms with Crippen molar-refractivity contribution in [3.05, 3.63) is 45.6 Å². The minimum absolute atomic E-state index is 0.0357. The van der Waals surface area contributed by atoms with Crippen molar-refractivity contribution in [1.82, 2.24) is 5.32 Å². The predicted molar refractivity (Wildman–Crippen MR) is 115 cm³/mol. The van der Waals surface area contributed by atoms with Crippen molar-refractivity contribution in [2.75, 3.05) is 29.3 Å². The molecule has 2 heterocycles. The Bertz CT molecular complexity index is 831. The van der Waals surface area contributed by atoms with Crippen LogP contribution in [0.3, 0.4) is 0 Å². The molecule has 2 N–H and O–H groups in total. The maximum Gasteiger partial charge on any atom is 0.261 e. The average molecular weight is 458 g/mol. The van der Waals surface area contributed by atoms with Crippen LogP contribution in [0.2, 0.25) is 4.34 Å². The number of amides is 2. The molecule has 0 spiro atoms. The first-order valence-electron chi connectivity index (χ1n) is 9.15. The second-order valence-corrected chi connectivity index (χ2v) is 8.50. The lowest BCUT2D eigenvalue weighted by Gasteiger charge is -2.14. The van der Waals surface area contributed by atoms with E-state index in [4.69, 9.17) is 33.1 Å². The highest BCUT2D eigenvalue weighted by Gasteiger charge is 2.26. The molecule has 10 heteroatoms. The van der Waals surface area contributed by atoms with Crippen molar-refractivity contribution in [1.29, 1.82) is 0 Å². The monoisotopic (exact) mass is 457 g/mol. The number of rotatable bonds is 9. The van der Waals surface area contributed by atoms with Crippen molar-refractivity contribution in [2.45, 2.75) is 25.4 Å². The van der Waals surface area contributed by atoms with Crippen LogP contribution in [-0.2, 0) is 14.7 Å². The van der Waals surface area contributed by atoms with Crippen LogP contribution in [0.15, 0.2) is 36.4 Å². The number of nitrogens with one attached hydrogen (secondary N) is 2. The fourth-order valence-electron chi connectivity index (χ4n) is 2.65. The van der Waals surface area contributed by atoms with Crippen LogP contribution >= 0.6 is 34.5 Å². The van der Waals surface area contributed by atoms with Gasteiger partial charge >= 0.3 is 0 Å². The maximum absolute atomic E-state index is 12.1. The molecule has 1 saturated heterocycles. The molecule has 29 heavy (non-hydrogen) atoms. The number of unbranched alkanes of at least 4 members (excludes halogenated alkanes) is 1. The Hall–Kier alpha value is -1.84. The lowest BCUT2D eigenvalue weighted by Crippen LogP contribution is -2.34. The van der Waals surface area contributed by atoms with Gasteiger partial charge < -0.3 is 10.6 Å². The van der Waals surface area contributed by atoms with Crippen LogP contribution in [0, 0.1) is 0 Å². The number of alkyl halides is 1. The molecule has 156 valence electrons. The standard InChI is InChI=1S/C19H21Cl2N3O4S/c20-10-2-1-3-18(25)23-13-4-6-14(7-5-13)24-12-15(27-28-24)11-22-19(26)16-8-9-17(21)29-16/h4-9,15H,1-3,10-12H2,(H,22,26)(H,23,25)/t15-/m0/s1. The van der Waals surface area contributed by atoms with Crippen molar-refractivity contribution in [3.8, 4) is 0 Å². The molecule has 0 radical (unpaired) electrons. The van der Waals surface area contributed by atoms with Crippen molar-refractivity contribution < 1.29 is 19.5 Å². The van der Waals surface area contributed by atoms with E-state index in [2.05, 4.69) is 10.6 Å². The highest BCUT2D eigenvalue weighted by Crippen LogP contribution is 2.24. The highest BCUT2D eigenvalue weighted by atomic mass is 35.5. The van der Waals surface area contributed by atoms with Crippen molar-refractivity contribution >= 4 is 57.7 Å². The molecule has 0 bridgehead atoms. The smallest absolute Gasteiger partial charge is 0.261 e. The quantitative estimate of drug-likeness (QED) is 0.334. The van der Waals surface area contributed by atoms with Gasteiger partial charge in [0.15, 0.2) is 0 Å². The molecule has 1 aliphatic rings. The van der Waals surface area contributed by atoms with Gasteiger partial charge in [-0.1, -0.05) is 11.6 Å². The van der Waals surface area contributed by atoms with Gasteiger partial charge in [0.05, 0.1) is 21.4 Å². The second-order valence-electron chi connectivity index (χ2n) is 6.41. The Morgan fingerprint density at radius 1 is 1.17 bits per heavy atom. The molecular weight excluding hydrogens is 437 g/mol. The number of carbonyl (C=O) groups is 2. The van der Waals surface area contributed by atoms with Crippen LogP contribution in [0.25, 0.3) is 0 Å². The Morgan fingerprint density at radius 2 is 1.97 bits per heavy atom. The van der Waals surface area contributed by atoms with E-state index in [1.165, 1.54) is 11.3 Å². The first-order chi connectivity index (χ1) is 14.0. The van der Waals surface area contributed by atoms with E-state index >= 15 is 0 Å². The van der Waals surface area contributed by atoms with Gasteiger partial charge in [0.2, 0.25) is 5.91 Å². The molecule has 1 fully saturated rings. The molecule has 1 aromatic carbocycles. The summed E-state index contributed by atoms with van der Waals surface area (Å²) < 4.78 is 0.566. The number of hydroxylamine groups is 1. The van der Waals surface area contributed by atoms with Crippen LogP contribution < -0.4 is 15.7 Å². The zero-order valence-corrected chi connectivity index (χ0v) is 17.9. The Labute approximate surface area is 182 Å². The van der Waals surface area contributed by atoms with E-state index in [-0.39, 0.29) is 17.9 Å². The van der Waals surface area contributed by atoms with E-state index in [9.17, 15) is 9.59 Å². The Morgan fingerprint density at radius 3 is 2.66 bits per heavy atom. The zero-order chi connectivity index (χ0) is 20.6. The Balaban J connectivity index is 1.43. The van der Waals surface area contributed by atoms with Gasteiger partial charge in [0.25, 0.3) is 5.91 Å². The number of benzene rings is 1. The topological polar surface area (TPSA) is 79.9 Å². The van der Waals surface area contributed by atoms with E-state index in [0.29, 0.717) is 40.3 Å². The molecule has 1 atom stereocenters. The number of halogens is 2. The van der Waals surface area contributed by atoms with E-state index in [1.54, 1.807) is 29.3 Å². The molecule has 2 amide bonds. The van der Waals surface area contributed by atoms with Crippen molar-refractivity contribution in [3.63, 3.8) is 0 Å². The lowest BCUT2D eigenvalue weighted by molar-refractivity contribution is -0.281.